The van der Waals surface area contributed by atoms with Gasteiger partial charge in [0.1, 0.15) is 0 Å². The van der Waals surface area contributed by atoms with Gasteiger partial charge in [-0.3, -0.25) is 0 Å². The van der Waals surface area contributed by atoms with Crippen LogP contribution in [0.15, 0.2) is 18.2 Å². The highest BCUT2D eigenvalue weighted by Gasteiger charge is 2.19. The maximum atomic E-state index is 6.30. The summed E-state index contributed by atoms with van der Waals surface area (Å²) in [7, 11) is 0. The van der Waals surface area contributed by atoms with Crippen molar-refractivity contribution in [1.82, 2.24) is 0 Å². The van der Waals surface area contributed by atoms with Crippen LogP contribution in [0.3, 0.4) is 0 Å². The molecule has 2 N–H and O–H groups in total. The first-order valence-corrected chi connectivity index (χ1v) is 7.44. The topological polar surface area (TPSA) is 53.7 Å². The van der Waals surface area contributed by atoms with Gasteiger partial charge < -0.3 is 19.9 Å². The minimum atomic E-state index is -0.158. The van der Waals surface area contributed by atoms with Crippen molar-refractivity contribution in [2.45, 2.75) is 46.3 Å². The number of hydrogen-bond donors (Lipinski definition) is 1. The Balaban J connectivity index is 2.97. The summed E-state index contributed by atoms with van der Waals surface area (Å²) in [4.78, 5) is 0. The molecule has 0 heterocycles. The summed E-state index contributed by atoms with van der Waals surface area (Å²) >= 11 is 0. The molecule has 2 atom stereocenters. The molecule has 1 aromatic carbocycles. The highest BCUT2D eigenvalue weighted by atomic mass is 16.5. The zero-order valence-electron chi connectivity index (χ0n) is 13.0. The van der Waals surface area contributed by atoms with E-state index in [-0.39, 0.29) is 12.1 Å². The zero-order valence-corrected chi connectivity index (χ0v) is 13.0. The summed E-state index contributed by atoms with van der Waals surface area (Å²) in [5.41, 5.74) is 7.31. The smallest absolute Gasteiger partial charge is 0.161 e. The number of ether oxygens (including phenoxy) is 3. The van der Waals surface area contributed by atoms with Gasteiger partial charge >= 0.3 is 0 Å². The van der Waals surface area contributed by atoms with Crippen LogP contribution in [0.5, 0.6) is 11.5 Å². The summed E-state index contributed by atoms with van der Waals surface area (Å²) in [6, 6.07) is 5.71. The Kier molecular flexibility index (Phi) is 7.41. The van der Waals surface area contributed by atoms with Crippen LogP contribution >= 0.6 is 0 Å². The second-order valence-electron chi connectivity index (χ2n) is 4.50. The number of hydrogen-bond acceptors (Lipinski definition) is 4. The lowest BCUT2D eigenvalue weighted by Crippen LogP contribution is -2.28. The minimum Gasteiger partial charge on any atom is -0.490 e. The molecule has 114 valence electrons. The molecule has 0 spiro atoms. The van der Waals surface area contributed by atoms with Crippen LogP contribution < -0.4 is 15.2 Å². The first-order valence-electron chi connectivity index (χ1n) is 7.44. The third-order valence-electron chi connectivity index (χ3n) is 3.14. The Bertz CT molecular complexity index is 395. The summed E-state index contributed by atoms with van der Waals surface area (Å²) in [6.45, 7) is 9.86. The van der Waals surface area contributed by atoms with Gasteiger partial charge in [0.05, 0.1) is 25.4 Å². The van der Waals surface area contributed by atoms with Crippen molar-refractivity contribution in [3.63, 3.8) is 0 Å². The average Bonchev–Trinajstić information content (AvgIpc) is 2.46. The van der Waals surface area contributed by atoms with E-state index >= 15 is 0 Å². The van der Waals surface area contributed by atoms with Gasteiger partial charge in [-0.2, -0.15) is 0 Å². The van der Waals surface area contributed by atoms with E-state index in [2.05, 4.69) is 6.92 Å². The highest BCUT2D eigenvalue weighted by Crippen LogP contribution is 2.31. The van der Waals surface area contributed by atoms with Crippen molar-refractivity contribution in [1.29, 1.82) is 0 Å². The van der Waals surface area contributed by atoms with Crippen LogP contribution in [-0.4, -0.2) is 25.9 Å². The van der Waals surface area contributed by atoms with Crippen LogP contribution in [0, 0.1) is 0 Å². The second-order valence-corrected chi connectivity index (χ2v) is 4.50. The van der Waals surface area contributed by atoms with Crippen molar-refractivity contribution in [3.05, 3.63) is 23.8 Å². The van der Waals surface area contributed by atoms with Crippen LogP contribution in [-0.2, 0) is 4.74 Å². The van der Waals surface area contributed by atoms with Gasteiger partial charge in [0.2, 0.25) is 0 Å². The fourth-order valence-electron chi connectivity index (χ4n) is 2.18. The Morgan fingerprint density at radius 1 is 0.950 bits per heavy atom. The van der Waals surface area contributed by atoms with Crippen LogP contribution in [0.4, 0.5) is 0 Å². The molecular weight excluding hydrogens is 254 g/mol. The van der Waals surface area contributed by atoms with Gasteiger partial charge in [-0.05, 0) is 44.9 Å². The maximum Gasteiger partial charge on any atom is 0.161 e. The van der Waals surface area contributed by atoms with Gasteiger partial charge in [0.25, 0.3) is 0 Å². The van der Waals surface area contributed by atoms with E-state index in [0.29, 0.717) is 19.8 Å². The lowest BCUT2D eigenvalue weighted by molar-refractivity contribution is 0.0413. The molecule has 0 aliphatic carbocycles. The Morgan fingerprint density at radius 3 is 2.15 bits per heavy atom. The fraction of sp³-hybridized carbons (Fsp3) is 0.625. The van der Waals surface area contributed by atoms with Crippen LogP contribution in [0.25, 0.3) is 0 Å². The van der Waals surface area contributed by atoms with E-state index in [4.69, 9.17) is 19.9 Å². The summed E-state index contributed by atoms with van der Waals surface area (Å²) in [6.07, 6.45) is 0.902. The Morgan fingerprint density at radius 2 is 1.60 bits per heavy atom. The van der Waals surface area contributed by atoms with Crippen molar-refractivity contribution in [2.24, 2.45) is 5.73 Å². The molecule has 20 heavy (non-hydrogen) atoms. The van der Waals surface area contributed by atoms with Gasteiger partial charge in [-0.25, -0.2) is 0 Å². The molecule has 0 saturated carbocycles. The Hall–Kier alpha value is -1.26. The van der Waals surface area contributed by atoms with Gasteiger partial charge in [0, 0.05) is 6.61 Å². The fourth-order valence-corrected chi connectivity index (χ4v) is 2.18. The molecule has 2 unspecified atom stereocenters. The van der Waals surface area contributed by atoms with Crippen molar-refractivity contribution in [2.75, 3.05) is 19.8 Å². The molecule has 0 aromatic heterocycles. The SMILES string of the molecule is CCOc1ccc(C(N)C(CC)OCC)cc1OCC. The molecule has 1 aromatic rings. The quantitative estimate of drug-likeness (QED) is 0.754. The minimum absolute atomic E-state index is 0.0208. The van der Waals surface area contributed by atoms with E-state index < -0.39 is 0 Å². The van der Waals surface area contributed by atoms with E-state index in [1.54, 1.807) is 0 Å². The molecule has 0 saturated heterocycles. The monoisotopic (exact) mass is 281 g/mol. The first-order chi connectivity index (χ1) is 9.67. The van der Waals surface area contributed by atoms with E-state index in [1.165, 1.54) is 0 Å². The van der Waals surface area contributed by atoms with E-state index in [9.17, 15) is 0 Å². The molecule has 1 rings (SSSR count). The van der Waals surface area contributed by atoms with E-state index in [0.717, 1.165) is 23.5 Å². The van der Waals surface area contributed by atoms with Crippen LogP contribution in [0.2, 0.25) is 0 Å². The molecule has 0 radical (unpaired) electrons. The molecule has 0 aliphatic rings. The zero-order chi connectivity index (χ0) is 15.0. The van der Waals surface area contributed by atoms with Gasteiger partial charge in [-0.15, -0.1) is 0 Å². The summed E-state index contributed by atoms with van der Waals surface area (Å²) < 4.78 is 16.9. The lowest BCUT2D eigenvalue weighted by atomic mass is 10.00. The second kappa shape index (κ2) is 8.82. The normalized spacial score (nSPS) is 13.8. The molecular formula is C16H27NO3. The molecule has 0 bridgehead atoms. The van der Waals surface area contributed by atoms with Crippen molar-refractivity contribution >= 4 is 0 Å². The average molecular weight is 281 g/mol. The van der Waals surface area contributed by atoms with Crippen molar-refractivity contribution in [3.8, 4) is 11.5 Å². The number of rotatable bonds is 9. The molecule has 0 aliphatic heterocycles. The predicted molar refractivity (Wildman–Crippen MR) is 81.4 cm³/mol. The third kappa shape index (κ3) is 4.39. The summed E-state index contributed by atoms with van der Waals surface area (Å²) in [5.74, 6) is 1.50. The predicted octanol–water partition coefficient (Wildman–Crippen LogP) is 3.30. The molecule has 4 heteroatoms. The molecule has 0 amide bonds. The van der Waals surface area contributed by atoms with Crippen molar-refractivity contribution < 1.29 is 14.2 Å². The Labute approximate surface area is 122 Å². The number of benzene rings is 1. The highest BCUT2D eigenvalue weighted by molar-refractivity contribution is 5.44. The maximum absolute atomic E-state index is 6.30. The van der Waals surface area contributed by atoms with Gasteiger partial charge in [0.15, 0.2) is 11.5 Å². The standard InChI is InChI=1S/C16H27NO3/c1-5-13(18-6-2)16(17)12-9-10-14(19-7-3)15(11-12)20-8-4/h9-11,13,16H,5-8,17H2,1-4H3. The summed E-state index contributed by atoms with van der Waals surface area (Å²) in [5, 5.41) is 0. The van der Waals surface area contributed by atoms with Gasteiger partial charge in [-0.1, -0.05) is 13.0 Å². The third-order valence-corrected chi connectivity index (χ3v) is 3.14. The molecule has 0 fully saturated rings. The first kappa shape index (κ1) is 16.8. The number of nitrogens with two attached hydrogens (primary N) is 1. The van der Waals surface area contributed by atoms with E-state index in [1.807, 2.05) is 39.0 Å². The largest absolute Gasteiger partial charge is 0.490 e. The molecule has 4 nitrogen and oxygen atoms in total. The van der Waals surface area contributed by atoms with Crippen LogP contribution in [0.1, 0.15) is 45.7 Å². The lowest BCUT2D eigenvalue weighted by Gasteiger charge is -2.23.